The molecule has 0 aliphatic heterocycles. The zero-order valence-corrected chi connectivity index (χ0v) is 15.6. The molecular weight excluding hydrogens is 356 g/mol. The van der Waals surface area contributed by atoms with Gasteiger partial charge in [0.1, 0.15) is 17.2 Å². The van der Waals surface area contributed by atoms with Crippen molar-refractivity contribution in [3.63, 3.8) is 0 Å². The number of aryl methyl sites for hydroxylation is 2. The van der Waals surface area contributed by atoms with Crippen LogP contribution in [0.25, 0.3) is 0 Å². The first-order valence-electron chi connectivity index (χ1n) is 8.77. The second-order valence-corrected chi connectivity index (χ2v) is 6.44. The van der Waals surface area contributed by atoms with Gasteiger partial charge in [-0.05, 0) is 74.0 Å². The Hall–Kier alpha value is -3.60. The number of benzene rings is 3. The van der Waals surface area contributed by atoms with Crippen LogP contribution < -0.4 is 4.74 Å². The zero-order chi connectivity index (χ0) is 20.1. The summed E-state index contributed by atoms with van der Waals surface area (Å²) < 4.78 is 10.8. The molecule has 0 saturated carbocycles. The van der Waals surface area contributed by atoms with Crippen LogP contribution >= 0.6 is 0 Å². The van der Waals surface area contributed by atoms with Gasteiger partial charge in [-0.2, -0.15) is 0 Å². The van der Waals surface area contributed by atoms with Gasteiger partial charge in [-0.3, -0.25) is 4.79 Å². The van der Waals surface area contributed by atoms with E-state index in [0.29, 0.717) is 22.6 Å². The predicted octanol–water partition coefficient (Wildman–Crippen LogP) is 4.84. The second kappa shape index (κ2) is 8.39. The van der Waals surface area contributed by atoms with Crippen LogP contribution in [-0.4, -0.2) is 23.5 Å². The highest BCUT2D eigenvalue weighted by Gasteiger charge is 2.14. The smallest absolute Gasteiger partial charge is 0.338 e. The highest BCUT2D eigenvalue weighted by Crippen LogP contribution is 2.23. The molecule has 5 heteroatoms. The van der Waals surface area contributed by atoms with Crippen LogP contribution in [-0.2, 0) is 4.74 Å². The molecule has 3 rings (SSSR count). The van der Waals surface area contributed by atoms with Crippen molar-refractivity contribution in [3.8, 4) is 17.2 Å². The summed E-state index contributed by atoms with van der Waals surface area (Å²) in [6.07, 6.45) is 0. The Kier molecular flexibility index (Phi) is 5.75. The molecular formula is C23H20O5. The number of phenols is 1. The lowest BCUT2D eigenvalue weighted by molar-refractivity contribution is 0.0474. The number of Topliss-reactive ketones (excluding diaryl/α,β-unsaturated/α-hetero) is 1. The lowest BCUT2D eigenvalue weighted by Crippen LogP contribution is -2.15. The molecule has 3 aromatic rings. The van der Waals surface area contributed by atoms with E-state index in [0.717, 1.165) is 11.1 Å². The summed E-state index contributed by atoms with van der Waals surface area (Å²) in [4.78, 5) is 24.5. The molecule has 0 saturated heterocycles. The number of hydrogen-bond acceptors (Lipinski definition) is 5. The minimum absolute atomic E-state index is 0.154. The number of carbonyl (C=O) groups is 2. The van der Waals surface area contributed by atoms with Gasteiger partial charge in [-0.15, -0.1) is 0 Å². The summed E-state index contributed by atoms with van der Waals surface area (Å²) in [5.41, 5.74) is 2.71. The van der Waals surface area contributed by atoms with Crippen LogP contribution in [0.5, 0.6) is 17.2 Å². The number of ketones is 1. The average Bonchev–Trinajstić information content (AvgIpc) is 2.70. The molecule has 0 aromatic heterocycles. The Bertz CT molecular complexity index is 989. The minimum Gasteiger partial charge on any atom is -0.508 e. The third-order valence-corrected chi connectivity index (χ3v) is 4.19. The molecule has 0 aliphatic carbocycles. The monoisotopic (exact) mass is 376 g/mol. The van der Waals surface area contributed by atoms with Gasteiger partial charge in [0.2, 0.25) is 5.78 Å². The third kappa shape index (κ3) is 4.76. The van der Waals surface area contributed by atoms with E-state index in [9.17, 15) is 14.7 Å². The maximum absolute atomic E-state index is 12.3. The van der Waals surface area contributed by atoms with Crippen molar-refractivity contribution in [2.75, 3.05) is 6.61 Å². The fourth-order valence-electron chi connectivity index (χ4n) is 2.64. The largest absolute Gasteiger partial charge is 0.508 e. The third-order valence-electron chi connectivity index (χ3n) is 4.19. The van der Waals surface area contributed by atoms with E-state index >= 15 is 0 Å². The number of ether oxygens (including phenoxy) is 2. The maximum Gasteiger partial charge on any atom is 0.338 e. The maximum atomic E-state index is 12.3. The summed E-state index contributed by atoms with van der Waals surface area (Å²) >= 11 is 0. The van der Waals surface area contributed by atoms with Crippen molar-refractivity contribution in [1.82, 2.24) is 0 Å². The van der Waals surface area contributed by atoms with Gasteiger partial charge in [0.05, 0.1) is 5.56 Å². The van der Waals surface area contributed by atoms with Crippen LogP contribution in [0, 0.1) is 13.8 Å². The summed E-state index contributed by atoms with van der Waals surface area (Å²) in [6.45, 7) is 3.44. The summed E-state index contributed by atoms with van der Waals surface area (Å²) in [6, 6.07) is 18.3. The van der Waals surface area contributed by atoms with Gasteiger partial charge < -0.3 is 14.6 Å². The molecule has 0 radical (unpaired) electrons. The molecule has 0 spiro atoms. The van der Waals surface area contributed by atoms with E-state index in [2.05, 4.69) is 0 Å². The van der Waals surface area contributed by atoms with E-state index in [1.54, 1.807) is 42.5 Å². The van der Waals surface area contributed by atoms with E-state index in [1.165, 1.54) is 12.1 Å². The van der Waals surface area contributed by atoms with Crippen molar-refractivity contribution in [1.29, 1.82) is 0 Å². The van der Waals surface area contributed by atoms with Crippen molar-refractivity contribution < 1.29 is 24.2 Å². The molecule has 0 amide bonds. The first-order valence-corrected chi connectivity index (χ1v) is 8.77. The first-order chi connectivity index (χ1) is 13.4. The molecule has 0 bridgehead atoms. The number of aromatic hydroxyl groups is 1. The topological polar surface area (TPSA) is 72.8 Å². The lowest BCUT2D eigenvalue weighted by Gasteiger charge is -2.09. The second-order valence-electron chi connectivity index (χ2n) is 6.44. The standard InChI is InChI=1S/C23H20O5/c1-15-3-4-16(2)21(13-15)22(25)14-27-23(26)17-5-9-19(10-6-17)28-20-11-7-18(24)8-12-20/h3-13,24H,14H2,1-2H3. The fourth-order valence-corrected chi connectivity index (χ4v) is 2.64. The van der Waals surface area contributed by atoms with Gasteiger partial charge in [-0.1, -0.05) is 17.7 Å². The highest BCUT2D eigenvalue weighted by atomic mass is 16.5. The molecule has 5 nitrogen and oxygen atoms in total. The SMILES string of the molecule is Cc1ccc(C)c(C(=O)COC(=O)c2ccc(Oc3ccc(O)cc3)cc2)c1. The molecule has 0 unspecified atom stereocenters. The normalized spacial score (nSPS) is 10.4. The Balaban J connectivity index is 1.59. The number of rotatable bonds is 6. The van der Waals surface area contributed by atoms with E-state index in [4.69, 9.17) is 9.47 Å². The molecule has 0 fully saturated rings. The van der Waals surface area contributed by atoms with Crippen molar-refractivity contribution >= 4 is 11.8 Å². The fraction of sp³-hybridized carbons (Fsp3) is 0.130. The Morgan fingerprint density at radius 2 is 1.46 bits per heavy atom. The highest BCUT2D eigenvalue weighted by molar-refractivity contribution is 6.00. The Morgan fingerprint density at radius 1 is 0.857 bits per heavy atom. The lowest BCUT2D eigenvalue weighted by atomic mass is 10.0. The number of hydrogen-bond donors (Lipinski definition) is 1. The molecule has 142 valence electrons. The predicted molar refractivity (Wildman–Crippen MR) is 105 cm³/mol. The van der Waals surface area contributed by atoms with E-state index < -0.39 is 5.97 Å². The van der Waals surface area contributed by atoms with Gasteiger partial charge in [0, 0.05) is 5.56 Å². The molecule has 0 heterocycles. The van der Waals surface area contributed by atoms with Gasteiger partial charge in [-0.25, -0.2) is 4.79 Å². The van der Waals surface area contributed by atoms with Crippen LogP contribution in [0.1, 0.15) is 31.8 Å². The number of esters is 1. The zero-order valence-electron chi connectivity index (χ0n) is 15.6. The van der Waals surface area contributed by atoms with Crippen LogP contribution in [0.2, 0.25) is 0 Å². The Labute approximate surface area is 163 Å². The number of phenolic OH excluding ortho intramolecular Hbond substituents is 1. The van der Waals surface area contributed by atoms with Crippen molar-refractivity contribution in [3.05, 3.63) is 89.0 Å². The van der Waals surface area contributed by atoms with Crippen LogP contribution in [0.3, 0.4) is 0 Å². The van der Waals surface area contributed by atoms with Crippen molar-refractivity contribution in [2.24, 2.45) is 0 Å². The molecule has 0 atom stereocenters. The first kappa shape index (κ1) is 19.2. The molecule has 3 aromatic carbocycles. The van der Waals surface area contributed by atoms with Crippen molar-refractivity contribution in [2.45, 2.75) is 13.8 Å². The molecule has 28 heavy (non-hydrogen) atoms. The van der Waals surface area contributed by atoms with E-state index in [-0.39, 0.29) is 18.1 Å². The minimum atomic E-state index is -0.574. The van der Waals surface area contributed by atoms with Gasteiger partial charge in [0.25, 0.3) is 0 Å². The van der Waals surface area contributed by atoms with E-state index in [1.807, 2.05) is 26.0 Å². The average molecular weight is 376 g/mol. The summed E-state index contributed by atoms with van der Waals surface area (Å²) in [5, 5.41) is 9.28. The Morgan fingerprint density at radius 3 is 2.11 bits per heavy atom. The molecule has 1 N–H and O–H groups in total. The summed E-state index contributed by atoms with van der Waals surface area (Å²) in [7, 11) is 0. The number of carbonyl (C=O) groups excluding carboxylic acids is 2. The quantitative estimate of drug-likeness (QED) is 0.492. The van der Waals surface area contributed by atoms with Crippen LogP contribution in [0.4, 0.5) is 0 Å². The van der Waals surface area contributed by atoms with Gasteiger partial charge >= 0.3 is 5.97 Å². The molecule has 0 aliphatic rings. The van der Waals surface area contributed by atoms with Gasteiger partial charge in [0.15, 0.2) is 6.61 Å². The van der Waals surface area contributed by atoms with Crippen LogP contribution in [0.15, 0.2) is 66.7 Å². The summed E-state index contributed by atoms with van der Waals surface area (Å²) in [5.74, 6) is 0.443.